The van der Waals surface area contributed by atoms with Crippen LogP contribution in [0.1, 0.15) is 9.67 Å². The topological polar surface area (TPSA) is 72.5 Å². The van der Waals surface area contributed by atoms with Crippen LogP contribution in [0.3, 0.4) is 0 Å². The maximum atomic E-state index is 12.0. The minimum absolute atomic E-state index is 0.152. The molecule has 0 aliphatic rings. The van der Waals surface area contributed by atoms with E-state index in [1.807, 2.05) is 41.8 Å². The van der Waals surface area contributed by atoms with E-state index in [2.05, 4.69) is 15.6 Å². The zero-order valence-corrected chi connectivity index (χ0v) is 15.1. The van der Waals surface area contributed by atoms with Gasteiger partial charge in [-0.1, -0.05) is 6.07 Å². The fourth-order valence-corrected chi connectivity index (χ4v) is 2.81. The molecule has 2 heterocycles. The number of hydrogen-bond acceptors (Lipinski definition) is 6. The fraction of sp³-hybridized carbons (Fsp3) is 0.158. The Labute approximate surface area is 155 Å². The molecule has 0 atom stereocenters. The smallest absolute Gasteiger partial charge is 0.266 e. The van der Waals surface area contributed by atoms with Gasteiger partial charge in [0.25, 0.3) is 5.91 Å². The SMILES string of the molecule is COc1ccc(OCCNc2ccc(NC(=O)c3cccs3)nc2)cc1. The molecule has 2 aromatic heterocycles. The fourth-order valence-electron chi connectivity index (χ4n) is 2.19. The van der Waals surface area contributed by atoms with Gasteiger partial charge in [-0.05, 0) is 47.8 Å². The number of thiophene rings is 1. The highest BCUT2D eigenvalue weighted by molar-refractivity contribution is 7.12. The van der Waals surface area contributed by atoms with E-state index in [0.717, 1.165) is 17.2 Å². The maximum absolute atomic E-state index is 12.0. The van der Waals surface area contributed by atoms with E-state index in [4.69, 9.17) is 9.47 Å². The van der Waals surface area contributed by atoms with Gasteiger partial charge in [0, 0.05) is 6.54 Å². The summed E-state index contributed by atoms with van der Waals surface area (Å²) in [6.45, 7) is 1.15. The van der Waals surface area contributed by atoms with Crippen LogP contribution in [0.2, 0.25) is 0 Å². The van der Waals surface area contributed by atoms with Crippen molar-refractivity contribution in [3.05, 3.63) is 65.0 Å². The molecule has 1 aromatic carbocycles. The molecule has 7 heteroatoms. The van der Waals surface area contributed by atoms with Crippen molar-refractivity contribution in [2.24, 2.45) is 0 Å². The number of rotatable bonds is 8. The summed E-state index contributed by atoms with van der Waals surface area (Å²) in [5, 5.41) is 7.85. The Kier molecular flexibility index (Phi) is 6.05. The monoisotopic (exact) mass is 369 g/mol. The van der Waals surface area contributed by atoms with Gasteiger partial charge >= 0.3 is 0 Å². The number of anilines is 2. The van der Waals surface area contributed by atoms with Crippen LogP contribution in [0.25, 0.3) is 0 Å². The lowest BCUT2D eigenvalue weighted by molar-refractivity contribution is 0.103. The molecule has 0 radical (unpaired) electrons. The van der Waals surface area contributed by atoms with Crippen molar-refractivity contribution in [2.75, 3.05) is 30.9 Å². The highest BCUT2D eigenvalue weighted by atomic mass is 32.1. The van der Waals surface area contributed by atoms with Gasteiger partial charge in [0.1, 0.15) is 23.9 Å². The molecule has 26 heavy (non-hydrogen) atoms. The number of nitrogens with one attached hydrogen (secondary N) is 2. The molecule has 0 saturated heterocycles. The average Bonchev–Trinajstić information content (AvgIpc) is 3.22. The molecule has 0 aliphatic carbocycles. The van der Waals surface area contributed by atoms with Crippen LogP contribution >= 0.6 is 11.3 Å². The summed E-state index contributed by atoms with van der Waals surface area (Å²) >= 11 is 1.39. The molecule has 3 rings (SSSR count). The van der Waals surface area contributed by atoms with E-state index in [0.29, 0.717) is 23.8 Å². The quantitative estimate of drug-likeness (QED) is 0.589. The Morgan fingerprint density at radius 3 is 2.58 bits per heavy atom. The van der Waals surface area contributed by atoms with Crippen molar-refractivity contribution in [3.63, 3.8) is 0 Å². The normalized spacial score (nSPS) is 10.2. The summed E-state index contributed by atoms with van der Waals surface area (Å²) in [6.07, 6.45) is 1.68. The van der Waals surface area contributed by atoms with E-state index < -0.39 is 0 Å². The van der Waals surface area contributed by atoms with Crippen LogP contribution in [0, 0.1) is 0 Å². The number of carbonyl (C=O) groups excluding carboxylic acids is 1. The molecule has 0 unspecified atom stereocenters. The lowest BCUT2D eigenvalue weighted by Crippen LogP contribution is -2.13. The average molecular weight is 369 g/mol. The Balaban J connectivity index is 1.41. The first-order valence-electron chi connectivity index (χ1n) is 8.06. The third-order valence-electron chi connectivity index (χ3n) is 3.51. The first-order valence-corrected chi connectivity index (χ1v) is 8.94. The molecule has 0 saturated carbocycles. The number of methoxy groups -OCH3 is 1. The molecule has 0 fully saturated rings. The van der Waals surface area contributed by atoms with E-state index in [1.165, 1.54) is 11.3 Å². The van der Waals surface area contributed by atoms with Crippen LogP contribution in [0.4, 0.5) is 11.5 Å². The van der Waals surface area contributed by atoms with Crippen LogP contribution in [-0.4, -0.2) is 31.2 Å². The number of pyridine rings is 1. The summed E-state index contributed by atoms with van der Waals surface area (Å²) in [5.41, 5.74) is 0.859. The molecule has 0 bridgehead atoms. The Bertz CT molecular complexity index is 818. The van der Waals surface area contributed by atoms with Crippen molar-refractivity contribution in [1.82, 2.24) is 4.98 Å². The number of hydrogen-bond donors (Lipinski definition) is 2. The molecule has 2 N–H and O–H groups in total. The minimum Gasteiger partial charge on any atom is -0.497 e. The van der Waals surface area contributed by atoms with Gasteiger partial charge in [-0.3, -0.25) is 4.79 Å². The standard InChI is InChI=1S/C19H19N3O3S/c1-24-15-5-7-16(8-6-15)25-11-10-20-14-4-9-18(21-13-14)22-19(23)17-3-2-12-26-17/h2-9,12-13,20H,10-11H2,1H3,(H,21,22,23). The number of ether oxygens (including phenoxy) is 2. The Morgan fingerprint density at radius 2 is 1.92 bits per heavy atom. The second kappa shape index (κ2) is 8.87. The molecule has 6 nitrogen and oxygen atoms in total. The predicted molar refractivity (Wildman–Crippen MR) is 103 cm³/mol. The molecule has 134 valence electrons. The molecule has 1 amide bonds. The van der Waals surface area contributed by atoms with Crippen LogP contribution in [-0.2, 0) is 0 Å². The lowest BCUT2D eigenvalue weighted by Gasteiger charge is -2.09. The predicted octanol–water partition coefficient (Wildman–Crippen LogP) is 3.89. The largest absolute Gasteiger partial charge is 0.497 e. The van der Waals surface area contributed by atoms with Crippen molar-refractivity contribution >= 4 is 28.7 Å². The maximum Gasteiger partial charge on any atom is 0.266 e. The number of benzene rings is 1. The zero-order chi connectivity index (χ0) is 18.2. The van der Waals surface area contributed by atoms with Crippen molar-refractivity contribution < 1.29 is 14.3 Å². The molecule has 3 aromatic rings. The minimum atomic E-state index is -0.152. The highest BCUT2D eigenvalue weighted by Crippen LogP contribution is 2.17. The summed E-state index contributed by atoms with van der Waals surface area (Å²) in [6, 6.07) is 14.7. The Morgan fingerprint density at radius 1 is 1.12 bits per heavy atom. The molecule has 0 aliphatic heterocycles. The summed E-state index contributed by atoms with van der Waals surface area (Å²) in [7, 11) is 1.63. The second-order valence-electron chi connectivity index (χ2n) is 5.31. The third kappa shape index (κ3) is 4.97. The van der Waals surface area contributed by atoms with Gasteiger partial charge in [0.2, 0.25) is 0 Å². The number of carbonyl (C=O) groups is 1. The van der Waals surface area contributed by atoms with Crippen molar-refractivity contribution in [2.45, 2.75) is 0 Å². The van der Waals surface area contributed by atoms with E-state index in [-0.39, 0.29) is 5.91 Å². The second-order valence-corrected chi connectivity index (χ2v) is 6.26. The van der Waals surface area contributed by atoms with Gasteiger partial charge in [-0.2, -0.15) is 0 Å². The van der Waals surface area contributed by atoms with Gasteiger partial charge in [0.15, 0.2) is 0 Å². The number of nitrogens with zero attached hydrogens (tertiary/aromatic N) is 1. The first-order chi connectivity index (χ1) is 12.7. The summed E-state index contributed by atoms with van der Waals surface area (Å²) in [4.78, 5) is 16.9. The van der Waals surface area contributed by atoms with E-state index >= 15 is 0 Å². The van der Waals surface area contributed by atoms with Crippen molar-refractivity contribution in [1.29, 1.82) is 0 Å². The molecular formula is C19H19N3O3S. The van der Waals surface area contributed by atoms with Crippen molar-refractivity contribution in [3.8, 4) is 11.5 Å². The zero-order valence-electron chi connectivity index (χ0n) is 14.3. The van der Waals surface area contributed by atoms with Crippen LogP contribution in [0.15, 0.2) is 60.1 Å². The van der Waals surface area contributed by atoms with E-state index in [1.54, 1.807) is 25.4 Å². The summed E-state index contributed by atoms with van der Waals surface area (Å²) in [5.74, 6) is 1.95. The lowest BCUT2D eigenvalue weighted by atomic mass is 10.3. The van der Waals surface area contributed by atoms with Gasteiger partial charge < -0.3 is 20.1 Å². The highest BCUT2D eigenvalue weighted by Gasteiger charge is 2.07. The number of amides is 1. The van der Waals surface area contributed by atoms with Gasteiger partial charge in [-0.25, -0.2) is 4.98 Å². The first kappa shape index (κ1) is 17.8. The van der Waals surface area contributed by atoms with Gasteiger partial charge in [0.05, 0.1) is 23.9 Å². The summed E-state index contributed by atoms with van der Waals surface area (Å²) < 4.78 is 10.8. The van der Waals surface area contributed by atoms with Crippen LogP contribution < -0.4 is 20.1 Å². The number of aromatic nitrogens is 1. The molecular weight excluding hydrogens is 350 g/mol. The van der Waals surface area contributed by atoms with E-state index in [9.17, 15) is 4.79 Å². The Hall–Kier alpha value is -3.06. The molecule has 0 spiro atoms. The van der Waals surface area contributed by atoms with Gasteiger partial charge in [-0.15, -0.1) is 11.3 Å². The third-order valence-corrected chi connectivity index (χ3v) is 4.38. The van der Waals surface area contributed by atoms with Crippen LogP contribution in [0.5, 0.6) is 11.5 Å².